The number of benzene rings is 1. The van der Waals surface area contributed by atoms with E-state index in [0.29, 0.717) is 17.4 Å². The van der Waals surface area contributed by atoms with Gasteiger partial charge in [0.1, 0.15) is 5.02 Å². The first-order valence-electron chi connectivity index (χ1n) is 8.51. The van der Waals surface area contributed by atoms with Crippen LogP contribution in [0.4, 0.5) is 5.69 Å². The Bertz CT molecular complexity index is 891. The molecule has 1 saturated heterocycles. The van der Waals surface area contributed by atoms with E-state index in [1.165, 1.54) is 18.3 Å². The third-order valence-corrected chi connectivity index (χ3v) is 6.45. The number of rotatable bonds is 3. The number of nitro benzene ring substituents is 1. The third-order valence-electron chi connectivity index (χ3n) is 6.13. The summed E-state index contributed by atoms with van der Waals surface area (Å²) in [6.45, 7) is 0. The molecule has 0 spiro atoms. The lowest BCUT2D eigenvalue weighted by Gasteiger charge is -2.37. The van der Waals surface area contributed by atoms with Gasteiger partial charge in [0.15, 0.2) is 0 Å². The van der Waals surface area contributed by atoms with Crippen LogP contribution in [0.15, 0.2) is 35.5 Å². The summed E-state index contributed by atoms with van der Waals surface area (Å²) >= 11 is 5.79. The van der Waals surface area contributed by atoms with Crippen LogP contribution in [-0.2, 0) is 9.59 Å². The molecule has 0 unspecified atom stereocenters. The number of nitrogens with zero attached hydrogens (tertiary/aromatic N) is 3. The Morgan fingerprint density at radius 3 is 2.35 bits per heavy atom. The SMILES string of the molecule is O=C1[C@@H]2[C@@H]3C=C[C@H]([C@H]4C[C@@H]34)[C@@H]2C(=O)N1/N=C\c1ccc(Cl)c([N+](=O)[O-])c1. The van der Waals surface area contributed by atoms with Crippen LogP contribution < -0.4 is 0 Å². The van der Waals surface area contributed by atoms with E-state index < -0.39 is 4.92 Å². The van der Waals surface area contributed by atoms with Gasteiger partial charge in [-0.2, -0.15) is 10.1 Å². The van der Waals surface area contributed by atoms with Crippen molar-refractivity contribution in [2.24, 2.45) is 40.6 Å². The fourth-order valence-electron chi connectivity index (χ4n) is 4.93. The summed E-state index contributed by atoms with van der Waals surface area (Å²) < 4.78 is 0. The number of amides is 2. The highest BCUT2D eigenvalue weighted by Gasteiger charge is 2.67. The quantitative estimate of drug-likeness (QED) is 0.268. The molecule has 26 heavy (non-hydrogen) atoms. The molecular formula is C18H14ClN3O4. The lowest BCUT2D eigenvalue weighted by molar-refractivity contribution is -0.384. The highest BCUT2D eigenvalue weighted by atomic mass is 35.5. The number of hydrogen-bond acceptors (Lipinski definition) is 5. The van der Waals surface area contributed by atoms with E-state index in [1.54, 1.807) is 6.07 Å². The van der Waals surface area contributed by atoms with Crippen LogP contribution in [0, 0.1) is 45.6 Å². The van der Waals surface area contributed by atoms with E-state index in [2.05, 4.69) is 17.3 Å². The Kier molecular flexibility index (Phi) is 3.16. The lowest BCUT2D eigenvalue weighted by Crippen LogP contribution is -2.40. The van der Waals surface area contributed by atoms with Gasteiger partial charge in [-0.3, -0.25) is 19.7 Å². The summed E-state index contributed by atoms with van der Waals surface area (Å²) in [5.41, 5.74) is 0.159. The van der Waals surface area contributed by atoms with Gasteiger partial charge in [-0.25, -0.2) is 0 Å². The standard InChI is InChI=1S/C18H14ClN3O4/c19-13-4-1-8(5-14(13)22(25)26)7-20-21-17(23)15-9-2-3-10(12-6-11(9)12)16(15)18(21)24/h1-5,7,9-12,15-16H,6H2/b20-7-/t9-,10-,11-,12+,15+,16-/m1/s1. The smallest absolute Gasteiger partial charge is 0.272 e. The molecule has 0 radical (unpaired) electrons. The molecule has 132 valence electrons. The van der Waals surface area contributed by atoms with Crippen LogP contribution in [-0.4, -0.2) is 28.0 Å². The van der Waals surface area contributed by atoms with Crippen LogP contribution in [0.1, 0.15) is 12.0 Å². The third kappa shape index (κ3) is 2.03. The first kappa shape index (κ1) is 15.7. The number of carbonyl (C=O) groups is 2. The molecule has 1 aromatic carbocycles. The molecule has 7 nitrogen and oxygen atoms in total. The summed E-state index contributed by atoms with van der Waals surface area (Å²) in [4.78, 5) is 36.0. The molecule has 8 heteroatoms. The van der Waals surface area contributed by atoms with Crippen molar-refractivity contribution in [3.63, 3.8) is 0 Å². The van der Waals surface area contributed by atoms with Crippen molar-refractivity contribution in [3.05, 3.63) is 51.1 Å². The van der Waals surface area contributed by atoms with E-state index in [1.807, 2.05) is 0 Å². The molecule has 1 aliphatic heterocycles. The van der Waals surface area contributed by atoms with Gasteiger partial charge in [-0.1, -0.05) is 29.8 Å². The van der Waals surface area contributed by atoms with Gasteiger partial charge in [0, 0.05) is 11.6 Å². The average molecular weight is 372 g/mol. The molecule has 6 atom stereocenters. The molecule has 3 fully saturated rings. The minimum absolute atomic E-state index is 0.0216. The second kappa shape index (κ2) is 5.23. The van der Waals surface area contributed by atoms with Gasteiger partial charge in [0.05, 0.1) is 23.0 Å². The van der Waals surface area contributed by atoms with Crippen molar-refractivity contribution in [2.45, 2.75) is 6.42 Å². The van der Waals surface area contributed by atoms with Gasteiger partial charge in [-0.05, 0) is 36.2 Å². The van der Waals surface area contributed by atoms with Crippen molar-refractivity contribution < 1.29 is 14.5 Å². The van der Waals surface area contributed by atoms with Crippen LogP contribution >= 0.6 is 11.6 Å². The first-order chi connectivity index (χ1) is 12.5. The van der Waals surface area contributed by atoms with E-state index in [-0.39, 0.29) is 46.2 Å². The van der Waals surface area contributed by atoms with Crippen LogP contribution in [0.3, 0.4) is 0 Å². The van der Waals surface area contributed by atoms with E-state index in [0.717, 1.165) is 11.4 Å². The largest absolute Gasteiger partial charge is 0.288 e. The average Bonchev–Trinajstić information content (AvgIpc) is 3.40. The number of hydrogen-bond donors (Lipinski definition) is 0. The normalized spacial score (nSPS) is 36.6. The van der Waals surface area contributed by atoms with Crippen LogP contribution in [0.2, 0.25) is 5.02 Å². The maximum atomic E-state index is 12.8. The fourth-order valence-corrected chi connectivity index (χ4v) is 5.12. The summed E-state index contributed by atoms with van der Waals surface area (Å²) in [7, 11) is 0. The van der Waals surface area contributed by atoms with Crippen LogP contribution in [0.25, 0.3) is 0 Å². The lowest BCUT2D eigenvalue weighted by atomic mass is 9.63. The maximum absolute atomic E-state index is 12.8. The molecule has 6 rings (SSSR count). The molecule has 2 saturated carbocycles. The molecule has 2 bridgehead atoms. The predicted octanol–water partition coefficient (Wildman–Crippen LogP) is 2.64. The highest BCUT2D eigenvalue weighted by Crippen LogP contribution is 2.65. The second-order valence-electron chi connectivity index (χ2n) is 7.36. The highest BCUT2D eigenvalue weighted by molar-refractivity contribution is 6.32. The molecule has 1 heterocycles. The Morgan fingerprint density at radius 2 is 1.77 bits per heavy atom. The van der Waals surface area contributed by atoms with Crippen LogP contribution in [0.5, 0.6) is 0 Å². The Hall–Kier alpha value is -2.54. The zero-order valence-electron chi connectivity index (χ0n) is 13.5. The zero-order valence-corrected chi connectivity index (χ0v) is 14.2. The maximum Gasteiger partial charge on any atom is 0.288 e. The summed E-state index contributed by atoms with van der Waals surface area (Å²) in [5, 5.41) is 16.0. The van der Waals surface area contributed by atoms with Gasteiger partial charge in [0.25, 0.3) is 17.5 Å². The van der Waals surface area contributed by atoms with Gasteiger partial charge in [0.2, 0.25) is 0 Å². The minimum Gasteiger partial charge on any atom is -0.272 e. The van der Waals surface area contributed by atoms with Crippen molar-refractivity contribution in [2.75, 3.05) is 0 Å². The van der Waals surface area contributed by atoms with Gasteiger partial charge in [-0.15, -0.1) is 0 Å². The molecule has 5 aliphatic rings. The Labute approximate surface area is 153 Å². The fraction of sp³-hybridized carbons (Fsp3) is 0.389. The van der Waals surface area contributed by atoms with Crippen molar-refractivity contribution in [3.8, 4) is 0 Å². The van der Waals surface area contributed by atoms with Gasteiger partial charge >= 0.3 is 0 Å². The van der Waals surface area contributed by atoms with Crippen molar-refractivity contribution in [1.82, 2.24) is 5.01 Å². The first-order valence-corrected chi connectivity index (χ1v) is 8.89. The monoisotopic (exact) mass is 371 g/mol. The molecule has 2 amide bonds. The number of hydrazone groups is 1. The number of allylic oxidation sites excluding steroid dienone is 2. The number of halogens is 1. The molecule has 1 aromatic rings. The van der Waals surface area contributed by atoms with E-state index in [9.17, 15) is 19.7 Å². The van der Waals surface area contributed by atoms with E-state index >= 15 is 0 Å². The van der Waals surface area contributed by atoms with Crippen molar-refractivity contribution >= 4 is 35.3 Å². The Balaban J connectivity index is 1.43. The second-order valence-corrected chi connectivity index (χ2v) is 7.76. The topological polar surface area (TPSA) is 92.9 Å². The molecule has 0 aromatic heterocycles. The van der Waals surface area contributed by atoms with Crippen molar-refractivity contribution in [1.29, 1.82) is 0 Å². The van der Waals surface area contributed by atoms with Gasteiger partial charge < -0.3 is 0 Å². The molecule has 0 N–H and O–H groups in total. The summed E-state index contributed by atoms with van der Waals surface area (Å²) in [6, 6.07) is 4.22. The number of imide groups is 1. The molecular weight excluding hydrogens is 358 g/mol. The number of nitro groups is 1. The zero-order chi connectivity index (χ0) is 18.2. The molecule has 4 aliphatic carbocycles. The predicted molar refractivity (Wildman–Crippen MR) is 92.3 cm³/mol. The summed E-state index contributed by atoms with van der Waals surface area (Å²) in [5.74, 6) is 0.216. The summed E-state index contributed by atoms with van der Waals surface area (Å²) in [6.07, 6.45) is 6.60. The Morgan fingerprint density at radius 1 is 1.15 bits per heavy atom. The van der Waals surface area contributed by atoms with E-state index in [4.69, 9.17) is 11.6 Å². The minimum atomic E-state index is -0.587. The number of carbonyl (C=O) groups excluding carboxylic acids is 2.